The molecule has 0 fully saturated rings. The summed E-state index contributed by atoms with van der Waals surface area (Å²) >= 11 is 0. The van der Waals surface area contributed by atoms with Gasteiger partial charge in [0.15, 0.2) is 0 Å². The molecule has 0 rings (SSSR count). The summed E-state index contributed by atoms with van der Waals surface area (Å²) in [5, 5.41) is 0. The summed E-state index contributed by atoms with van der Waals surface area (Å²) < 4.78 is 9.60. The fourth-order valence-electron chi connectivity index (χ4n) is 0.152. The Labute approximate surface area is 57.4 Å². The molecule has 0 spiro atoms. The van der Waals surface area contributed by atoms with Crippen LogP contribution in [0.5, 0.6) is 0 Å². The van der Waals surface area contributed by atoms with Crippen molar-refractivity contribution < 1.29 is 23.9 Å². The standard InChI is InChI=1S/C4H3O5P/c1-3(5)8-9-4(6)2-10-7/h1H3. The Morgan fingerprint density at radius 1 is 1.40 bits per heavy atom. The van der Waals surface area contributed by atoms with Gasteiger partial charge in [-0.05, 0) is 0 Å². The first kappa shape index (κ1) is 8.95. The fourth-order valence-corrected chi connectivity index (χ4v) is 0.264. The van der Waals surface area contributed by atoms with Crippen molar-refractivity contribution in [2.45, 2.75) is 6.92 Å². The SMILES string of the molecule is CC(=O)OOC(=O)C#P=O. The van der Waals surface area contributed by atoms with Crippen molar-refractivity contribution in [3.05, 3.63) is 0 Å². The van der Waals surface area contributed by atoms with Crippen LogP contribution in [0.2, 0.25) is 0 Å². The van der Waals surface area contributed by atoms with Crippen molar-refractivity contribution in [2.75, 3.05) is 0 Å². The number of hydrogen-bond donors (Lipinski definition) is 0. The molecular formula is C4H3O5P. The van der Waals surface area contributed by atoms with Crippen LogP contribution in [0.25, 0.3) is 0 Å². The van der Waals surface area contributed by atoms with Crippen LogP contribution >= 0.6 is 7.92 Å². The summed E-state index contributed by atoms with van der Waals surface area (Å²) in [7, 11) is -0.614. The van der Waals surface area contributed by atoms with Gasteiger partial charge in [0.1, 0.15) is 0 Å². The van der Waals surface area contributed by atoms with Gasteiger partial charge >= 0.3 is 56.3 Å². The summed E-state index contributed by atoms with van der Waals surface area (Å²) in [6.07, 6.45) is 0. The van der Waals surface area contributed by atoms with Gasteiger partial charge in [-0.15, -0.1) is 0 Å². The molecule has 0 aromatic rings. The van der Waals surface area contributed by atoms with Crippen LogP contribution < -0.4 is 0 Å². The molecule has 0 aliphatic heterocycles. The Morgan fingerprint density at radius 3 is 2.40 bits per heavy atom. The number of hydrogen-bond acceptors (Lipinski definition) is 5. The van der Waals surface area contributed by atoms with Crippen molar-refractivity contribution in [3.8, 4) is 5.63 Å². The van der Waals surface area contributed by atoms with E-state index in [1.54, 1.807) is 5.63 Å². The molecule has 0 radical (unpaired) electrons. The van der Waals surface area contributed by atoms with E-state index in [4.69, 9.17) is 0 Å². The Balaban J connectivity index is 3.67. The van der Waals surface area contributed by atoms with Gasteiger partial charge in [-0.1, -0.05) is 0 Å². The molecule has 0 heterocycles. The molecular weight excluding hydrogens is 159 g/mol. The Hall–Kier alpha value is -1.05. The molecule has 54 valence electrons. The Bertz CT molecular complexity index is 237. The maximum absolute atomic E-state index is 10.1. The first-order chi connectivity index (χ1) is 4.66. The monoisotopic (exact) mass is 162 g/mol. The topological polar surface area (TPSA) is 69.7 Å². The van der Waals surface area contributed by atoms with Crippen LogP contribution in [0.4, 0.5) is 0 Å². The van der Waals surface area contributed by atoms with E-state index >= 15 is 0 Å². The molecule has 0 aromatic carbocycles. The van der Waals surface area contributed by atoms with Crippen LogP contribution in [0.1, 0.15) is 6.92 Å². The molecule has 0 aliphatic carbocycles. The van der Waals surface area contributed by atoms with Crippen molar-refractivity contribution in [2.24, 2.45) is 0 Å². The van der Waals surface area contributed by atoms with Crippen LogP contribution in [0.15, 0.2) is 0 Å². The summed E-state index contributed by atoms with van der Waals surface area (Å²) in [6, 6.07) is 0. The molecule has 0 bridgehead atoms. The third-order valence-corrected chi connectivity index (χ3v) is 0.645. The molecule has 6 heteroatoms. The second-order valence-electron chi connectivity index (χ2n) is 1.15. The molecule has 0 saturated heterocycles. The van der Waals surface area contributed by atoms with Gasteiger partial charge in [0.05, 0.1) is 0 Å². The van der Waals surface area contributed by atoms with E-state index in [-0.39, 0.29) is 0 Å². The first-order valence-corrected chi connectivity index (χ1v) is 2.95. The van der Waals surface area contributed by atoms with Crippen molar-refractivity contribution in [1.82, 2.24) is 0 Å². The van der Waals surface area contributed by atoms with Gasteiger partial charge in [0.2, 0.25) is 0 Å². The van der Waals surface area contributed by atoms with E-state index in [1.807, 2.05) is 0 Å². The van der Waals surface area contributed by atoms with Gasteiger partial charge in [-0.2, -0.15) is 0 Å². The average Bonchev–Trinajstić information content (AvgIpc) is 1.85. The normalized spacial score (nSPS) is 7.30. The zero-order valence-electron chi connectivity index (χ0n) is 4.99. The quantitative estimate of drug-likeness (QED) is 0.290. The average molecular weight is 162 g/mol. The third-order valence-electron chi connectivity index (χ3n) is 0.372. The molecule has 0 unspecified atom stereocenters. The van der Waals surface area contributed by atoms with E-state index in [0.717, 1.165) is 6.92 Å². The Morgan fingerprint density at radius 2 is 2.00 bits per heavy atom. The first-order valence-electron chi connectivity index (χ1n) is 2.14. The second-order valence-corrected chi connectivity index (χ2v) is 1.55. The van der Waals surface area contributed by atoms with E-state index < -0.39 is 19.9 Å². The molecule has 5 nitrogen and oxygen atoms in total. The summed E-state index contributed by atoms with van der Waals surface area (Å²) in [5.41, 5.74) is 1.68. The maximum atomic E-state index is 10.1. The molecule has 0 saturated carbocycles. The van der Waals surface area contributed by atoms with Crippen molar-refractivity contribution in [3.63, 3.8) is 0 Å². The molecule has 10 heavy (non-hydrogen) atoms. The minimum atomic E-state index is -1.09. The van der Waals surface area contributed by atoms with Crippen molar-refractivity contribution in [1.29, 1.82) is 0 Å². The van der Waals surface area contributed by atoms with Gasteiger partial charge in [-0.3, -0.25) is 0 Å². The predicted molar refractivity (Wildman–Crippen MR) is 29.4 cm³/mol. The number of carbonyl (C=O) groups excluding carboxylic acids is 2. The fraction of sp³-hybridized carbons (Fsp3) is 0.250. The van der Waals surface area contributed by atoms with Gasteiger partial charge < -0.3 is 0 Å². The van der Waals surface area contributed by atoms with Gasteiger partial charge in [0, 0.05) is 0 Å². The molecule has 0 amide bonds. The van der Waals surface area contributed by atoms with E-state index in [2.05, 4.69) is 9.78 Å². The predicted octanol–water partition coefficient (Wildman–Crippen LogP) is 0.259. The van der Waals surface area contributed by atoms with Crippen LogP contribution in [-0.4, -0.2) is 11.9 Å². The van der Waals surface area contributed by atoms with E-state index in [1.165, 1.54) is 0 Å². The summed E-state index contributed by atoms with van der Waals surface area (Å²) in [5.74, 6) is -1.86. The van der Waals surface area contributed by atoms with E-state index in [0.29, 0.717) is 0 Å². The van der Waals surface area contributed by atoms with Crippen molar-refractivity contribution >= 4 is 19.9 Å². The Kier molecular flexibility index (Phi) is 4.29. The molecule has 0 N–H and O–H groups in total. The zero-order chi connectivity index (χ0) is 7.98. The van der Waals surface area contributed by atoms with Crippen LogP contribution in [0.3, 0.4) is 0 Å². The molecule has 0 aromatic heterocycles. The number of carbonyl (C=O) groups is 2. The van der Waals surface area contributed by atoms with E-state index in [9.17, 15) is 14.2 Å². The zero-order valence-corrected chi connectivity index (χ0v) is 5.88. The minimum absolute atomic E-state index is 0.614. The van der Waals surface area contributed by atoms with Gasteiger partial charge in [-0.25, -0.2) is 0 Å². The summed E-state index contributed by atoms with van der Waals surface area (Å²) in [6.45, 7) is 1.06. The molecule has 0 atom stereocenters. The second kappa shape index (κ2) is 4.79. The third kappa shape index (κ3) is 5.09. The van der Waals surface area contributed by atoms with Crippen LogP contribution in [-0.2, 0) is 23.9 Å². The number of rotatable bonds is 0. The molecule has 0 aliphatic rings. The van der Waals surface area contributed by atoms with Gasteiger partial charge in [0.25, 0.3) is 0 Å². The van der Waals surface area contributed by atoms with Crippen LogP contribution in [0, 0.1) is 5.63 Å². The summed E-state index contributed by atoms with van der Waals surface area (Å²) in [4.78, 5) is 27.6.